The summed E-state index contributed by atoms with van der Waals surface area (Å²) < 4.78 is 43.0. The Hall–Kier alpha value is -0.780. The molecule has 0 saturated heterocycles. The Labute approximate surface area is 112 Å². The van der Waals surface area contributed by atoms with Crippen molar-refractivity contribution in [2.45, 2.75) is 59.2 Å². The van der Waals surface area contributed by atoms with Crippen molar-refractivity contribution in [2.24, 2.45) is 17.1 Å². The second-order valence-electron chi connectivity index (χ2n) is 5.96. The number of halogens is 3. The lowest BCUT2D eigenvalue weighted by atomic mass is 9.81. The molecule has 0 rings (SSSR count). The van der Waals surface area contributed by atoms with E-state index >= 15 is 0 Å². The molecule has 0 bridgehead atoms. The molecule has 0 aliphatic carbocycles. The van der Waals surface area contributed by atoms with E-state index in [0.29, 0.717) is 6.42 Å². The molecular weight excluding hydrogens is 259 g/mol. The maximum absolute atomic E-state index is 12.7. The van der Waals surface area contributed by atoms with Gasteiger partial charge in [-0.25, -0.2) is 0 Å². The van der Waals surface area contributed by atoms with Crippen LogP contribution >= 0.6 is 0 Å². The van der Waals surface area contributed by atoms with Gasteiger partial charge >= 0.3 is 12.1 Å². The van der Waals surface area contributed by atoms with Crippen molar-refractivity contribution in [1.29, 1.82) is 0 Å². The molecule has 0 amide bonds. The quantitative estimate of drug-likeness (QED) is 0.601. The van der Waals surface area contributed by atoms with Gasteiger partial charge in [0.2, 0.25) is 0 Å². The lowest BCUT2D eigenvalue weighted by Crippen LogP contribution is -2.48. The summed E-state index contributed by atoms with van der Waals surface area (Å²) in [4.78, 5) is 11.8. The van der Waals surface area contributed by atoms with Gasteiger partial charge in [-0.05, 0) is 18.3 Å². The van der Waals surface area contributed by atoms with Crippen LogP contribution in [0.3, 0.4) is 0 Å². The molecule has 3 nitrogen and oxygen atoms in total. The van der Waals surface area contributed by atoms with Crippen LogP contribution in [0.2, 0.25) is 0 Å². The van der Waals surface area contributed by atoms with E-state index in [9.17, 15) is 18.0 Å². The summed E-state index contributed by atoms with van der Waals surface area (Å²) in [6.07, 6.45) is -3.11. The number of carbonyl (C=O) groups excluding carboxylic acids is 1. The molecule has 0 radical (unpaired) electrons. The van der Waals surface area contributed by atoms with Gasteiger partial charge in [0, 0.05) is 0 Å². The Bertz CT molecular complexity index is 285. The van der Waals surface area contributed by atoms with Gasteiger partial charge in [0.15, 0.2) is 0 Å². The van der Waals surface area contributed by atoms with E-state index in [1.807, 2.05) is 6.92 Å². The molecule has 114 valence electrons. The first-order chi connectivity index (χ1) is 8.49. The van der Waals surface area contributed by atoms with Gasteiger partial charge in [0.1, 0.15) is 6.04 Å². The molecule has 0 aliphatic heterocycles. The van der Waals surface area contributed by atoms with Crippen molar-refractivity contribution in [3.8, 4) is 0 Å². The fourth-order valence-electron chi connectivity index (χ4n) is 1.67. The third-order valence-corrected chi connectivity index (χ3v) is 2.69. The van der Waals surface area contributed by atoms with Crippen LogP contribution in [-0.4, -0.2) is 24.8 Å². The average Bonchev–Trinajstić information content (AvgIpc) is 2.22. The highest BCUT2D eigenvalue weighted by Gasteiger charge is 2.46. The van der Waals surface area contributed by atoms with Crippen molar-refractivity contribution < 1.29 is 22.7 Å². The van der Waals surface area contributed by atoms with E-state index in [1.54, 1.807) is 20.8 Å². The van der Waals surface area contributed by atoms with Crippen LogP contribution in [0.15, 0.2) is 0 Å². The maximum atomic E-state index is 12.7. The van der Waals surface area contributed by atoms with Gasteiger partial charge in [0.25, 0.3) is 0 Å². The van der Waals surface area contributed by atoms with E-state index in [0.717, 1.165) is 6.42 Å². The zero-order valence-electron chi connectivity index (χ0n) is 12.0. The Kier molecular flexibility index (Phi) is 6.83. The molecular formula is C13H24F3NO2. The minimum absolute atomic E-state index is 0.0403. The monoisotopic (exact) mass is 283 g/mol. The molecule has 2 N–H and O–H groups in total. The highest BCUT2D eigenvalue weighted by Crippen LogP contribution is 2.33. The Morgan fingerprint density at radius 2 is 1.79 bits per heavy atom. The summed E-state index contributed by atoms with van der Waals surface area (Å²) in [5, 5.41) is 0. The van der Waals surface area contributed by atoms with Crippen molar-refractivity contribution in [2.75, 3.05) is 6.61 Å². The fourth-order valence-corrected chi connectivity index (χ4v) is 1.67. The standard InChI is InChI=1S/C13H24F3NO2/c1-5-6-7-19-11(18)9(8-12(2,3)4)10(17)13(14,15)16/h9-10H,5-8,17H2,1-4H3/t9-,10-/m1/s1. The van der Waals surface area contributed by atoms with Gasteiger partial charge in [-0.3, -0.25) is 4.79 Å². The number of rotatable bonds is 6. The maximum Gasteiger partial charge on any atom is 0.404 e. The molecule has 0 unspecified atom stereocenters. The van der Waals surface area contributed by atoms with Gasteiger partial charge < -0.3 is 10.5 Å². The Balaban J connectivity index is 4.81. The zero-order chi connectivity index (χ0) is 15.3. The molecule has 0 aromatic carbocycles. The second-order valence-corrected chi connectivity index (χ2v) is 5.96. The third-order valence-electron chi connectivity index (χ3n) is 2.69. The molecule has 0 fully saturated rings. The van der Waals surface area contributed by atoms with Crippen molar-refractivity contribution >= 4 is 5.97 Å². The molecule has 2 atom stereocenters. The number of unbranched alkanes of at least 4 members (excludes halogenated alkanes) is 1. The summed E-state index contributed by atoms with van der Waals surface area (Å²) in [6.45, 7) is 7.34. The van der Waals surface area contributed by atoms with Crippen LogP contribution in [0.5, 0.6) is 0 Å². The summed E-state index contributed by atoms with van der Waals surface area (Å²) in [5.41, 5.74) is 4.75. The number of carbonyl (C=O) groups is 1. The van der Waals surface area contributed by atoms with Crippen LogP contribution in [0, 0.1) is 11.3 Å². The number of nitrogens with two attached hydrogens (primary N) is 1. The summed E-state index contributed by atoms with van der Waals surface area (Å²) in [6, 6.07) is -2.18. The number of ether oxygens (including phenoxy) is 1. The summed E-state index contributed by atoms with van der Waals surface area (Å²) >= 11 is 0. The van der Waals surface area contributed by atoms with Crippen LogP contribution in [-0.2, 0) is 9.53 Å². The Morgan fingerprint density at radius 3 is 2.16 bits per heavy atom. The first-order valence-corrected chi connectivity index (χ1v) is 6.48. The third kappa shape index (κ3) is 7.40. The number of hydrogen-bond acceptors (Lipinski definition) is 3. The number of esters is 1. The molecule has 0 aromatic heterocycles. The van der Waals surface area contributed by atoms with Gasteiger partial charge in [-0.1, -0.05) is 34.1 Å². The summed E-state index contributed by atoms with van der Waals surface area (Å²) in [5.74, 6) is -2.20. The van der Waals surface area contributed by atoms with E-state index in [2.05, 4.69) is 0 Å². The van der Waals surface area contributed by atoms with Crippen LogP contribution < -0.4 is 5.73 Å². The molecule has 0 saturated carbocycles. The van der Waals surface area contributed by atoms with Crippen LogP contribution in [0.1, 0.15) is 47.0 Å². The van der Waals surface area contributed by atoms with E-state index in [-0.39, 0.29) is 13.0 Å². The SMILES string of the molecule is CCCCOC(=O)[C@H](CC(C)(C)C)[C@@H](N)C(F)(F)F. The predicted octanol–water partition coefficient (Wildman–Crippen LogP) is 3.27. The molecule has 0 heterocycles. The minimum atomic E-state index is -4.60. The van der Waals surface area contributed by atoms with E-state index < -0.39 is 29.5 Å². The lowest BCUT2D eigenvalue weighted by Gasteiger charge is -2.29. The van der Waals surface area contributed by atoms with E-state index in [1.165, 1.54) is 0 Å². The molecule has 19 heavy (non-hydrogen) atoms. The van der Waals surface area contributed by atoms with Gasteiger partial charge in [0.05, 0.1) is 12.5 Å². The van der Waals surface area contributed by atoms with Crippen LogP contribution in [0.4, 0.5) is 13.2 Å². The topological polar surface area (TPSA) is 52.3 Å². The second kappa shape index (κ2) is 7.12. The minimum Gasteiger partial charge on any atom is -0.465 e. The smallest absolute Gasteiger partial charge is 0.404 e. The van der Waals surface area contributed by atoms with Crippen molar-refractivity contribution in [3.63, 3.8) is 0 Å². The van der Waals surface area contributed by atoms with Crippen molar-refractivity contribution in [1.82, 2.24) is 0 Å². The van der Waals surface area contributed by atoms with Crippen molar-refractivity contribution in [3.05, 3.63) is 0 Å². The average molecular weight is 283 g/mol. The molecule has 0 aromatic rings. The van der Waals surface area contributed by atoms with E-state index in [4.69, 9.17) is 10.5 Å². The number of alkyl halides is 3. The summed E-state index contributed by atoms with van der Waals surface area (Å²) in [7, 11) is 0. The van der Waals surface area contributed by atoms with Gasteiger partial charge in [-0.2, -0.15) is 13.2 Å². The van der Waals surface area contributed by atoms with Crippen LogP contribution in [0.25, 0.3) is 0 Å². The molecule has 0 spiro atoms. The predicted molar refractivity (Wildman–Crippen MR) is 67.5 cm³/mol. The molecule has 0 aliphatic rings. The largest absolute Gasteiger partial charge is 0.465 e. The lowest BCUT2D eigenvalue weighted by molar-refractivity contribution is -0.178. The molecule has 6 heteroatoms. The first-order valence-electron chi connectivity index (χ1n) is 6.48. The van der Waals surface area contributed by atoms with Gasteiger partial charge in [-0.15, -0.1) is 0 Å². The first kappa shape index (κ1) is 18.2. The highest BCUT2D eigenvalue weighted by molar-refractivity contribution is 5.73. The number of hydrogen-bond donors (Lipinski definition) is 1. The zero-order valence-corrected chi connectivity index (χ0v) is 12.0. The fraction of sp³-hybridized carbons (Fsp3) is 0.923. The Morgan fingerprint density at radius 1 is 1.26 bits per heavy atom. The normalized spacial score (nSPS) is 16.0. The highest BCUT2D eigenvalue weighted by atomic mass is 19.4.